The molecule has 2 atom stereocenters. The summed E-state index contributed by atoms with van der Waals surface area (Å²) in [6.45, 7) is 18.5. The van der Waals surface area contributed by atoms with Crippen LogP contribution >= 0.6 is 11.8 Å². The van der Waals surface area contributed by atoms with E-state index in [1.54, 1.807) is 6.92 Å². The van der Waals surface area contributed by atoms with E-state index in [0.29, 0.717) is 38.0 Å². The highest BCUT2D eigenvalue weighted by molar-refractivity contribution is 8.13. The average molecular weight is 974 g/mol. The quantitative estimate of drug-likeness (QED) is 0.0361. The number of rotatable bonds is 43. The molecular weight excluding hydrogens is 861 g/mol. The number of unbranched alkanes of at least 4 members (excludes halogenated alkanes) is 20. The molecule has 2 fully saturated rings. The lowest BCUT2D eigenvalue weighted by Gasteiger charge is -2.37. The van der Waals surface area contributed by atoms with E-state index in [0.717, 1.165) is 70.6 Å². The Balaban J connectivity index is 0.00000146. The first kappa shape index (κ1) is 66.0. The van der Waals surface area contributed by atoms with Gasteiger partial charge in [-0.05, 0) is 97.2 Å². The molecule has 0 radical (unpaired) electrons. The number of ether oxygens (including phenoxy) is 5. The number of carbonyl (C=O) groups excluding carboxylic acids is 2. The fraction of sp³-hybridized carbons (Fsp3) is 0.964. The van der Waals surface area contributed by atoms with Gasteiger partial charge in [-0.2, -0.15) is 0 Å². The number of piperidine rings is 1. The van der Waals surface area contributed by atoms with E-state index < -0.39 is 0 Å². The summed E-state index contributed by atoms with van der Waals surface area (Å²) in [5.41, 5.74) is 0. The minimum absolute atomic E-state index is 0.0382. The number of thioether (sulfide) groups is 1. The second-order valence-electron chi connectivity index (χ2n) is 19.7. The van der Waals surface area contributed by atoms with Gasteiger partial charge in [-0.15, -0.1) is 0 Å². The summed E-state index contributed by atoms with van der Waals surface area (Å²) in [6.07, 6.45) is 37.3. The van der Waals surface area contributed by atoms with Gasteiger partial charge >= 0.3 is 5.97 Å². The van der Waals surface area contributed by atoms with Gasteiger partial charge in [0.2, 0.25) is 0 Å². The third kappa shape index (κ3) is 43.6. The van der Waals surface area contributed by atoms with Crippen LogP contribution in [-0.2, 0) is 28.5 Å². The van der Waals surface area contributed by atoms with Crippen molar-refractivity contribution in [3.63, 3.8) is 0 Å². The molecule has 1 saturated carbocycles. The molecule has 1 aliphatic carbocycles. The van der Waals surface area contributed by atoms with Crippen molar-refractivity contribution in [1.29, 1.82) is 0 Å². The molecule has 10 nitrogen and oxygen atoms in total. The van der Waals surface area contributed by atoms with E-state index in [9.17, 15) is 9.59 Å². The van der Waals surface area contributed by atoms with Crippen molar-refractivity contribution in [2.45, 2.75) is 266 Å². The summed E-state index contributed by atoms with van der Waals surface area (Å²) in [4.78, 5) is 30.0. The lowest BCUT2D eigenvalue weighted by atomic mass is 9.92. The summed E-state index contributed by atoms with van der Waals surface area (Å²) in [6, 6.07) is 0. The first-order valence-corrected chi connectivity index (χ1v) is 29.5. The Morgan fingerprint density at radius 2 is 0.955 bits per heavy atom. The zero-order valence-corrected chi connectivity index (χ0v) is 46.3. The number of likely N-dealkylation sites (tertiary alicyclic amines) is 1. The van der Waals surface area contributed by atoms with Crippen LogP contribution in [0.3, 0.4) is 0 Å². The third-order valence-corrected chi connectivity index (χ3v) is 13.6. The Kier molecular flexibility index (Phi) is 49.3. The SMILES string of the molecule is CCCCCCCCOC(CCC(=O)OC1CC(C2CC2)CN(C(=O)SCCCN(C)C)C1)OCCCCCCCC.CCCCCCCCOC(CCC)OCCCCCCCC.CCO. The predicted octanol–water partition coefficient (Wildman–Crippen LogP) is 15.2. The van der Waals surface area contributed by atoms with Crippen molar-refractivity contribution in [3.8, 4) is 0 Å². The average Bonchev–Trinajstić information content (AvgIpc) is 4.17. The van der Waals surface area contributed by atoms with Crippen molar-refractivity contribution in [2.24, 2.45) is 11.8 Å². The molecule has 2 rings (SSSR count). The Labute approximate surface area is 419 Å². The summed E-state index contributed by atoms with van der Waals surface area (Å²) in [7, 11) is 4.12. The van der Waals surface area contributed by atoms with Gasteiger partial charge in [-0.25, -0.2) is 0 Å². The molecule has 1 amide bonds. The molecule has 1 heterocycles. The van der Waals surface area contributed by atoms with E-state index in [4.69, 9.17) is 28.8 Å². The first-order valence-electron chi connectivity index (χ1n) is 28.5. The molecule has 0 aromatic heterocycles. The fourth-order valence-corrected chi connectivity index (χ4v) is 9.18. The number of hydrogen-bond donors (Lipinski definition) is 1. The zero-order chi connectivity index (χ0) is 49.4. The number of amides is 1. The van der Waals surface area contributed by atoms with Gasteiger partial charge in [-0.1, -0.05) is 181 Å². The molecule has 1 aliphatic heterocycles. The van der Waals surface area contributed by atoms with Gasteiger partial charge in [-0.3, -0.25) is 9.59 Å². The monoisotopic (exact) mass is 973 g/mol. The highest BCUT2D eigenvalue weighted by Crippen LogP contribution is 2.42. The van der Waals surface area contributed by atoms with Crippen molar-refractivity contribution < 1.29 is 38.4 Å². The number of esters is 1. The van der Waals surface area contributed by atoms with Gasteiger partial charge in [0.25, 0.3) is 5.24 Å². The van der Waals surface area contributed by atoms with Crippen LogP contribution in [0.25, 0.3) is 0 Å². The van der Waals surface area contributed by atoms with Crippen molar-refractivity contribution in [1.82, 2.24) is 9.80 Å². The molecule has 67 heavy (non-hydrogen) atoms. The molecule has 1 N–H and O–H groups in total. The smallest absolute Gasteiger partial charge is 0.306 e. The molecule has 0 spiro atoms. The van der Waals surface area contributed by atoms with E-state index in [1.165, 1.54) is 166 Å². The highest BCUT2D eigenvalue weighted by atomic mass is 32.2. The Hall–Kier alpha value is -0.950. The van der Waals surface area contributed by atoms with Crippen LogP contribution in [0.1, 0.15) is 247 Å². The minimum Gasteiger partial charge on any atom is -0.460 e. The van der Waals surface area contributed by atoms with Crippen LogP contribution in [0.4, 0.5) is 4.79 Å². The van der Waals surface area contributed by atoms with Crippen LogP contribution < -0.4 is 0 Å². The summed E-state index contributed by atoms with van der Waals surface area (Å²) in [5, 5.41) is 7.70. The fourth-order valence-electron chi connectivity index (χ4n) is 8.40. The second-order valence-corrected chi connectivity index (χ2v) is 20.7. The predicted molar refractivity (Wildman–Crippen MR) is 285 cm³/mol. The van der Waals surface area contributed by atoms with E-state index >= 15 is 0 Å². The van der Waals surface area contributed by atoms with Gasteiger partial charge in [0.1, 0.15) is 6.10 Å². The zero-order valence-electron chi connectivity index (χ0n) is 45.5. The Morgan fingerprint density at radius 1 is 0.552 bits per heavy atom. The molecule has 0 aromatic carbocycles. The first-order chi connectivity index (χ1) is 32.7. The minimum atomic E-state index is -0.356. The number of aliphatic hydroxyl groups is 1. The van der Waals surface area contributed by atoms with Crippen LogP contribution in [0.15, 0.2) is 0 Å². The molecule has 400 valence electrons. The molecular formula is C56H112N2O8S. The maximum absolute atomic E-state index is 13.0. The number of hydrogen-bond acceptors (Lipinski definition) is 10. The molecule has 11 heteroatoms. The summed E-state index contributed by atoms with van der Waals surface area (Å²) < 4.78 is 30.0. The number of carbonyl (C=O) groups is 2. The number of nitrogens with zero attached hydrogens (tertiary/aromatic N) is 2. The molecule has 0 aromatic rings. The maximum atomic E-state index is 13.0. The highest BCUT2D eigenvalue weighted by Gasteiger charge is 2.40. The molecule has 0 bridgehead atoms. The lowest BCUT2D eigenvalue weighted by Crippen LogP contribution is -2.47. The third-order valence-electron chi connectivity index (χ3n) is 12.6. The molecule has 2 unspecified atom stereocenters. The van der Waals surface area contributed by atoms with Crippen LogP contribution in [0.5, 0.6) is 0 Å². The largest absolute Gasteiger partial charge is 0.460 e. The van der Waals surface area contributed by atoms with E-state index in [2.05, 4.69) is 53.6 Å². The van der Waals surface area contributed by atoms with Crippen LogP contribution in [-0.4, -0.2) is 117 Å². The van der Waals surface area contributed by atoms with Gasteiger partial charge in [0.15, 0.2) is 12.6 Å². The topological polar surface area (TPSA) is 107 Å². The van der Waals surface area contributed by atoms with Gasteiger partial charge in [0.05, 0.1) is 13.0 Å². The number of aliphatic hydroxyl groups excluding tert-OH is 1. The standard InChI is InChI=1S/C34H64N2O5S.C20H42O2.C2H6O/c1-5-7-9-11-13-15-23-39-33(40-24-16-14-12-10-8-6-2)21-20-32(37)41-31-26-30(29-18-19-29)27-36(28-31)34(38)42-25-17-22-35(3)4;1-4-7-9-11-13-15-18-21-20(17-6-3)22-19-16-14-12-10-8-5-2;1-2-3/h29-31,33H,5-28H2,1-4H3;20H,4-19H2,1-3H3;3H,2H2,1H3. The van der Waals surface area contributed by atoms with Crippen LogP contribution in [0, 0.1) is 11.8 Å². The van der Waals surface area contributed by atoms with E-state index in [1.807, 2.05) is 4.90 Å². The summed E-state index contributed by atoms with van der Waals surface area (Å²) >= 11 is 1.41. The Bertz CT molecular complexity index is 1020. The van der Waals surface area contributed by atoms with Crippen molar-refractivity contribution in [3.05, 3.63) is 0 Å². The van der Waals surface area contributed by atoms with E-state index in [-0.39, 0.29) is 42.9 Å². The van der Waals surface area contributed by atoms with Crippen molar-refractivity contribution >= 4 is 23.0 Å². The molecule has 2 aliphatic rings. The lowest BCUT2D eigenvalue weighted by molar-refractivity contribution is -0.164. The normalized spacial score (nSPS) is 16.0. The van der Waals surface area contributed by atoms with Gasteiger partial charge < -0.3 is 38.6 Å². The maximum Gasteiger partial charge on any atom is 0.306 e. The Morgan fingerprint density at radius 3 is 1.34 bits per heavy atom. The van der Waals surface area contributed by atoms with Crippen molar-refractivity contribution in [2.75, 3.05) is 72.5 Å². The summed E-state index contributed by atoms with van der Waals surface area (Å²) in [5.74, 6) is 1.75. The van der Waals surface area contributed by atoms with Crippen LogP contribution in [0.2, 0.25) is 0 Å². The second kappa shape index (κ2) is 50.0. The molecule has 1 saturated heterocycles. The van der Waals surface area contributed by atoms with Gasteiger partial charge in [0, 0.05) is 51.8 Å².